The lowest BCUT2D eigenvalue weighted by Crippen LogP contribution is -2.20. The molecule has 1 heterocycles. The first kappa shape index (κ1) is 25.4. The molecule has 2 aromatic carbocycles. The predicted octanol–water partition coefficient (Wildman–Crippen LogP) is 5.52. The van der Waals surface area contributed by atoms with E-state index in [1.165, 1.54) is 11.3 Å². The second-order valence-corrected chi connectivity index (χ2v) is 8.33. The lowest BCUT2D eigenvalue weighted by Gasteiger charge is -2.16. The third-order valence-electron chi connectivity index (χ3n) is 4.90. The number of amides is 2. The van der Waals surface area contributed by atoms with E-state index in [4.69, 9.17) is 10.5 Å². The van der Waals surface area contributed by atoms with E-state index in [-0.39, 0.29) is 5.91 Å². The van der Waals surface area contributed by atoms with Crippen LogP contribution in [0.1, 0.15) is 59.9 Å². The van der Waals surface area contributed by atoms with E-state index in [0.29, 0.717) is 27.3 Å². The summed E-state index contributed by atoms with van der Waals surface area (Å²) in [4.78, 5) is 27.3. The Kier molecular flexibility index (Phi) is 9.68. The van der Waals surface area contributed by atoms with Gasteiger partial charge in [0.15, 0.2) is 0 Å². The van der Waals surface area contributed by atoms with Crippen LogP contribution >= 0.6 is 11.3 Å². The Hall–Kier alpha value is -2.90. The molecule has 0 saturated heterocycles. The van der Waals surface area contributed by atoms with Gasteiger partial charge in [0.05, 0.1) is 12.7 Å². The first-order valence-electron chi connectivity index (χ1n) is 10.9. The Bertz CT molecular complexity index is 1060. The summed E-state index contributed by atoms with van der Waals surface area (Å²) in [5.74, 6) is -0.231. The predicted molar refractivity (Wildman–Crippen MR) is 134 cm³/mol. The fraction of sp³-hybridized carbons (Fsp3) is 0.360. The van der Waals surface area contributed by atoms with Gasteiger partial charge in [-0.2, -0.15) is 0 Å². The number of nitrogens with zero attached hydrogens (tertiary/aromatic N) is 1. The van der Waals surface area contributed by atoms with Gasteiger partial charge in [-0.05, 0) is 55.9 Å². The molecule has 0 aliphatic rings. The maximum absolute atomic E-state index is 12.9. The van der Waals surface area contributed by atoms with Crippen molar-refractivity contribution in [1.82, 2.24) is 4.90 Å². The minimum Gasteiger partial charge on any atom is -0.497 e. The zero-order valence-corrected chi connectivity index (χ0v) is 20.3. The largest absolute Gasteiger partial charge is 0.497 e. The number of hydrogen-bond acceptors (Lipinski definition) is 5. The number of ether oxygens (including phenoxy) is 1. The summed E-state index contributed by atoms with van der Waals surface area (Å²) in [7, 11) is 3.64. The molecule has 3 aromatic rings. The van der Waals surface area contributed by atoms with E-state index in [9.17, 15) is 9.59 Å². The van der Waals surface area contributed by atoms with Crippen LogP contribution in [0.2, 0.25) is 0 Å². The molecule has 7 heteroatoms. The van der Waals surface area contributed by atoms with Crippen LogP contribution in [-0.2, 0) is 6.54 Å². The number of benzene rings is 2. The summed E-state index contributed by atoms with van der Waals surface area (Å²) >= 11 is 1.32. The first-order valence-corrected chi connectivity index (χ1v) is 11.7. The molecule has 0 bridgehead atoms. The third-order valence-corrected chi connectivity index (χ3v) is 5.99. The number of unbranched alkanes of at least 4 members (excludes halogenated alkanes) is 1. The van der Waals surface area contributed by atoms with Gasteiger partial charge in [-0.1, -0.05) is 39.3 Å². The van der Waals surface area contributed by atoms with Crippen molar-refractivity contribution >= 4 is 38.2 Å². The zero-order chi connectivity index (χ0) is 23.7. The quantitative estimate of drug-likeness (QED) is 0.445. The van der Waals surface area contributed by atoms with Gasteiger partial charge in [-0.15, -0.1) is 11.3 Å². The van der Waals surface area contributed by atoms with E-state index in [2.05, 4.69) is 24.2 Å². The van der Waals surface area contributed by atoms with Crippen molar-refractivity contribution in [3.63, 3.8) is 0 Å². The van der Waals surface area contributed by atoms with Gasteiger partial charge in [-0.25, -0.2) is 0 Å². The standard InChI is InChI=1S/C23H27N3O3S.C2H6/c1-4-5-11-26(2)14-15-7-6-8-16(12-15)22(28)25-23-20(21(24)27)18-13-17(29-3)9-10-19(18)30-23;1-2/h6-10,12-13H,4-5,11,14H2,1-3H3,(H2,24,27)(H,25,28);1-2H3. The van der Waals surface area contributed by atoms with Crippen molar-refractivity contribution in [1.29, 1.82) is 0 Å². The summed E-state index contributed by atoms with van der Waals surface area (Å²) < 4.78 is 6.10. The Morgan fingerprint density at radius 1 is 1.16 bits per heavy atom. The van der Waals surface area contributed by atoms with Gasteiger partial charge >= 0.3 is 0 Å². The van der Waals surface area contributed by atoms with E-state index < -0.39 is 5.91 Å². The van der Waals surface area contributed by atoms with E-state index >= 15 is 0 Å². The molecule has 0 saturated carbocycles. The molecule has 32 heavy (non-hydrogen) atoms. The monoisotopic (exact) mass is 455 g/mol. The summed E-state index contributed by atoms with van der Waals surface area (Å²) in [6.07, 6.45) is 2.29. The molecule has 0 fully saturated rings. The van der Waals surface area contributed by atoms with Crippen molar-refractivity contribution in [3.8, 4) is 5.75 Å². The maximum Gasteiger partial charge on any atom is 0.256 e. The molecule has 2 amide bonds. The highest BCUT2D eigenvalue weighted by Crippen LogP contribution is 2.37. The number of carbonyl (C=O) groups excluding carboxylic acids is 2. The Morgan fingerprint density at radius 3 is 2.56 bits per heavy atom. The lowest BCUT2D eigenvalue weighted by atomic mass is 10.1. The number of methoxy groups -OCH3 is 1. The second-order valence-electron chi connectivity index (χ2n) is 7.28. The number of nitrogens with one attached hydrogen (secondary N) is 1. The molecule has 172 valence electrons. The molecule has 6 nitrogen and oxygen atoms in total. The average molecular weight is 456 g/mol. The van der Waals surface area contributed by atoms with Crippen molar-refractivity contribution < 1.29 is 14.3 Å². The number of primary amides is 1. The number of thiophene rings is 1. The maximum atomic E-state index is 12.9. The highest BCUT2D eigenvalue weighted by molar-refractivity contribution is 7.23. The SMILES string of the molecule is CC.CCCCN(C)Cc1cccc(C(=O)Nc2sc3ccc(OC)cc3c2C(N)=O)c1. The summed E-state index contributed by atoms with van der Waals surface area (Å²) in [5.41, 5.74) is 7.53. The van der Waals surface area contributed by atoms with Crippen LogP contribution in [0.15, 0.2) is 42.5 Å². The zero-order valence-electron chi connectivity index (χ0n) is 19.5. The van der Waals surface area contributed by atoms with Gasteiger partial charge in [0, 0.05) is 22.2 Å². The Balaban J connectivity index is 0.00000176. The highest BCUT2D eigenvalue weighted by Gasteiger charge is 2.20. The fourth-order valence-electron chi connectivity index (χ4n) is 3.34. The van der Waals surface area contributed by atoms with Crippen molar-refractivity contribution in [2.24, 2.45) is 5.73 Å². The van der Waals surface area contributed by atoms with Crippen molar-refractivity contribution in [2.45, 2.75) is 40.2 Å². The second kappa shape index (κ2) is 12.2. The number of anilines is 1. The lowest BCUT2D eigenvalue weighted by molar-refractivity contribution is 0.100. The molecule has 0 aliphatic carbocycles. The molecule has 1 aromatic heterocycles. The molecule has 0 atom stereocenters. The van der Waals surface area contributed by atoms with Gasteiger partial charge in [0.2, 0.25) is 0 Å². The topological polar surface area (TPSA) is 84.7 Å². The van der Waals surface area contributed by atoms with Crippen LogP contribution in [0.5, 0.6) is 5.75 Å². The molecule has 0 spiro atoms. The Labute approximate surface area is 194 Å². The van der Waals surface area contributed by atoms with Crippen LogP contribution in [-0.4, -0.2) is 37.4 Å². The molecule has 0 radical (unpaired) electrons. The van der Waals surface area contributed by atoms with Gasteiger partial charge in [0.25, 0.3) is 11.8 Å². The summed E-state index contributed by atoms with van der Waals surface area (Å²) in [5, 5.41) is 3.99. The molecular formula is C25H33N3O3S. The number of carbonyl (C=O) groups is 2. The van der Waals surface area contributed by atoms with Crippen LogP contribution in [0.3, 0.4) is 0 Å². The van der Waals surface area contributed by atoms with Crippen LogP contribution in [0.4, 0.5) is 5.00 Å². The number of rotatable bonds is 9. The van der Waals surface area contributed by atoms with Crippen LogP contribution < -0.4 is 15.8 Å². The van der Waals surface area contributed by atoms with Gasteiger partial charge < -0.3 is 20.7 Å². The highest BCUT2D eigenvalue weighted by atomic mass is 32.1. The summed E-state index contributed by atoms with van der Waals surface area (Å²) in [6, 6.07) is 13.0. The van der Waals surface area contributed by atoms with Crippen molar-refractivity contribution in [2.75, 3.05) is 26.0 Å². The van der Waals surface area contributed by atoms with Gasteiger partial charge in [-0.3, -0.25) is 9.59 Å². The van der Waals surface area contributed by atoms with Gasteiger partial charge in [0.1, 0.15) is 10.8 Å². The minimum absolute atomic E-state index is 0.269. The molecule has 3 rings (SSSR count). The summed E-state index contributed by atoms with van der Waals surface area (Å²) in [6.45, 7) is 7.96. The molecule has 3 N–H and O–H groups in total. The van der Waals surface area contributed by atoms with Crippen molar-refractivity contribution in [3.05, 3.63) is 59.2 Å². The number of nitrogens with two attached hydrogens (primary N) is 1. The molecule has 0 aliphatic heterocycles. The fourth-order valence-corrected chi connectivity index (χ4v) is 4.42. The average Bonchev–Trinajstić information content (AvgIpc) is 3.16. The van der Waals surface area contributed by atoms with Crippen LogP contribution in [0, 0.1) is 0 Å². The normalized spacial score (nSPS) is 10.6. The molecule has 0 unspecified atom stereocenters. The third kappa shape index (κ3) is 6.31. The van der Waals surface area contributed by atoms with E-state index in [1.807, 2.05) is 44.2 Å². The Morgan fingerprint density at radius 2 is 1.91 bits per heavy atom. The number of hydrogen-bond donors (Lipinski definition) is 2. The smallest absolute Gasteiger partial charge is 0.256 e. The van der Waals surface area contributed by atoms with Crippen LogP contribution in [0.25, 0.3) is 10.1 Å². The number of fused-ring (bicyclic) bond motifs is 1. The van der Waals surface area contributed by atoms with E-state index in [1.54, 1.807) is 19.2 Å². The first-order chi connectivity index (χ1) is 15.4. The minimum atomic E-state index is -0.587. The molecular weight excluding hydrogens is 422 g/mol. The van der Waals surface area contributed by atoms with E-state index in [0.717, 1.165) is 36.2 Å².